The van der Waals surface area contributed by atoms with Crippen molar-refractivity contribution in [1.29, 1.82) is 0 Å². The van der Waals surface area contributed by atoms with E-state index in [1.54, 1.807) is 23.9 Å². The molecule has 21 heavy (non-hydrogen) atoms. The Kier molecular flexibility index (Phi) is 4.90. The molecule has 1 heterocycles. The molecule has 0 saturated heterocycles. The van der Waals surface area contributed by atoms with Gasteiger partial charge in [-0.3, -0.25) is 4.68 Å². The fraction of sp³-hybridized carbons (Fsp3) is 0.286. The molecule has 0 unspecified atom stereocenters. The fourth-order valence-corrected chi connectivity index (χ4v) is 2.63. The Morgan fingerprint density at radius 2 is 2.24 bits per heavy atom. The van der Waals surface area contributed by atoms with Gasteiger partial charge in [-0.15, -0.1) is 0 Å². The van der Waals surface area contributed by atoms with Crippen LogP contribution in [0.3, 0.4) is 0 Å². The maximum absolute atomic E-state index is 11.2. The summed E-state index contributed by atoms with van der Waals surface area (Å²) in [5.41, 5.74) is 1.61. The average Bonchev–Trinajstić information content (AvgIpc) is 2.72. The molecule has 1 N–H and O–H groups in total. The summed E-state index contributed by atoms with van der Waals surface area (Å²) in [6.45, 7) is 2.13. The van der Waals surface area contributed by atoms with E-state index in [0.717, 1.165) is 12.1 Å². The van der Waals surface area contributed by atoms with Crippen LogP contribution in [0.2, 0.25) is 5.02 Å². The van der Waals surface area contributed by atoms with Crippen molar-refractivity contribution in [2.45, 2.75) is 20.0 Å². The van der Waals surface area contributed by atoms with Gasteiger partial charge in [0.25, 0.3) is 0 Å². The molecule has 0 aliphatic carbocycles. The van der Waals surface area contributed by atoms with E-state index in [4.69, 9.17) is 16.3 Å². The second-order valence-electron chi connectivity index (χ2n) is 4.42. The van der Waals surface area contributed by atoms with Gasteiger partial charge in [0, 0.05) is 11.5 Å². The first-order valence-corrected chi connectivity index (χ1v) is 7.47. The van der Waals surface area contributed by atoms with Crippen molar-refractivity contribution in [3.63, 3.8) is 0 Å². The smallest absolute Gasteiger partial charge is 0.339 e. The van der Waals surface area contributed by atoms with E-state index in [1.165, 1.54) is 6.07 Å². The molecule has 0 spiro atoms. The molecule has 2 rings (SSSR count). The van der Waals surface area contributed by atoms with E-state index in [9.17, 15) is 9.90 Å². The van der Waals surface area contributed by atoms with Gasteiger partial charge in [0.1, 0.15) is 17.9 Å². The first kappa shape index (κ1) is 15.9. The number of halogens is 2. The van der Waals surface area contributed by atoms with E-state index >= 15 is 0 Å². The minimum absolute atomic E-state index is 0.0957. The van der Waals surface area contributed by atoms with Crippen molar-refractivity contribution in [3.05, 3.63) is 44.6 Å². The van der Waals surface area contributed by atoms with E-state index in [-0.39, 0.29) is 12.2 Å². The van der Waals surface area contributed by atoms with Gasteiger partial charge in [-0.05, 0) is 24.6 Å². The summed E-state index contributed by atoms with van der Waals surface area (Å²) in [7, 11) is 1.78. The fourth-order valence-electron chi connectivity index (χ4n) is 1.92. The van der Waals surface area contributed by atoms with Crippen LogP contribution >= 0.6 is 27.5 Å². The molecule has 0 bridgehead atoms. The number of aryl methyl sites for hydroxylation is 2. The van der Waals surface area contributed by atoms with Gasteiger partial charge < -0.3 is 9.84 Å². The van der Waals surface area contributed by atoms with Crippen LogP contribution in [0, 0.1) is 0 Å². The quantitative estimate of drug-likeness (QED) is 0.868. The molecule has 5 nitrogen and oxygen atoms in total. The predicted molar refractivity (Wildman–Crippen MR) is 83.0 cm³/mol. The standard InChI is InChI=1S/C14H14BrClN2O3/c1-3-10-13(16)11(18(2)17-10)7-21-12-5-4-8(15)6-9(12)14(19)20/h4-6H,3,7H2,1-2H3,(H,19,20). The van der Waals surface area contributed by atoms with Crippen molar-refractivity contribution >= 4 is 33.5 Å². The summed E-state index contributed by atoms with van der Waals surface area (Å²) < 4.78 is 7.94. The molecule has 0 fully saturated rings. The molecule has 7 heteroatoms. The van der Waals surface area contributed by atoms with Crippen LogP contribution in [-0.2, 0) is 20.1 Å². The Morgan fingerprint density at radius 3 is 2.81 bits per heavy atom. The Bertz CT molecular complexity index is 685. The number of ether oxygens (including phenoxy) is 1. The minimum atomic E-state index is -1.04. The molecule has 0 amide bonds. The highest BCUT2D eigenvalue weighted by atomic mass is 79.9. The number of carboxylic acid groups (broad SMARTS) is 1. The monoisotopic (exact) mass is 372 g/mol. The molecule has 1 aromatic carbocycles. The van der Waals surface area contributed by atoms with Gasteiger partial charge in [0.05, 0.1) is 16.4 Å². The number of hydrogen-bond acceptors (Lipinski definition) is 3. The van der Waals surface area contributed by atoms with E-state index in [1.807, 2.05) is 6.92 Å². The molecule has 2 aromatic rings. The minimum Gasteiger partial charge on any atom is -0.486 e. The molecule has 0 aliphatic heterocycles. The Hall–Kier alpha value is -1.53. The topological polar surface area (TPSA) is 64.4 Å². The van der Waals surface area contributed by atoms with Crippen molar-refractivity contribution in [3.8, 4) is 5.75 Å². The van der Waals surface area contributed by atoms with Crippen LogP contribution in [-0.4, -0.2) is 20.9 Å². The molecular weight excluding hydrogens is 360 g/mol. The van der Waals surface area contributed by atoms with Gasteiger partial charge in [-0.1, -0.05) is 34.5 Å². The summed E-state index contributed by atoms with van der Waals surface area (Å²) in [5.74, 6) is -0.752. The van der Waals surface area contributed by atoms with Gasteiger partial charge in [-0.2, -0.15) is 5.10 Å². The van der Waals surface area contributed by atoms with Crippen LogP contribution in [0.25, 0.3) is 0 Å². The Morgan fingerprint density at radius 1 is 1.52 bits per heavy atom. The third-order valence-corrected chi connectivity index (χ3v) is 3.97. The molecule has 0 radical (unpaired) electrons. The van der Waals surface area contributed by atoms with Crippen LogP contribution < -0.4 is 4.74 Å². The number of aromatic carboxylic acids is 1. The van der Waals surface area contributed by atoms with Gasteiger partial charge >= 0.3 is 5.97 Å². The third kappa shape index (κ3) is 3.39. The third-order valence-electron chi connectivity index (χ3n) is 3.04. The lowest BCUT2D eigenvalue weighted by atomic mass is 10.2. The second kappa shape index (κ2) is 6.49. The molecule has 0 aliphatic rings. The zero-order valence-electron chi connectivity index (χ0n) is 11.6. The predicted octanol–water partition coefficient (Wildman–Crippen LogP) is 3.68. The number of carboxylic acids is 1. The molecular formula is C14H14BrClN2O3. The highest BCUT2D eigenvalue weighted by Crippen LogP contribution is 2.26. The summed E-state index contributed by atoms with van der Waals surface area (Å²) >= 11 is 9.48. The summed E-state index contributed by atoms with van der Waals surface area (Å²) in [5, 5.41) is 14.1. The lowest BCUT2D eigenvalue weighted by molar-refractivity contribution is 0.0691. The zero-order chi connectivity index (χ0) is 15.6. The van der Waals surface area contributed by atoms with E-state index in [2.05, 4.69) is 21.0 Å². The number of benzene rings is 1. The average molecular weight is 374 g/mol. The second-order valence-corrected chi connectivity index (χ2v) is 5.71. The Balaban J connectivity index is 2.25. The van der Waals surface area contributed by atoms with Gasteiger partial charge in [0.15, 0.2) is 0 Å². The maximum Gasteiger partial charge on any atom is 0.339 e. The van der Waals surface area contributed by atoms with E-state index in [0.29, 0.717) is 20.9 Å². The van der Waals surface area contributed by atoms with Crippen LogP contribution in [0.4, 0.5) is 0 Å². The van der Waals surface area contributed by atoms with Gasteiger partial charge in [-0.25, -0.2) is 4.79 Å². The van der Waals surface area contributed by atoms with Crippen LogP contribution in [0.1, 0.15) is 28.7 Å². The number of hydrogen-bond donors (Lipinski definition) is 1. The lowest BCUT2D eigenvalue weighted by Gasteiger charge is -2.10. The largest absolute Gasteiger partial charge is 0.486 e. The molecule has 1 aromatic heterocycles. The normalized spacial score (nSPS) is 10.7. The maximum atomic E-state index is 11.2. The first-order valence-electron chi connectivity index (χ1n) is 6.30. The molecule has 0 saturated carbocycles. The van der Waals surface area contributed by atoms with Crippen molar-refractivity contribution in [1.82, 2.24) is 9.78 Å². The summed E-state index contributed by atoms with van der Waals surface area (Å²) in [6.07, 6.45) is 0.728. The SMILES string of the molecule is CCc1nn(C)c(COc2ccc(Br)cc2C(=O)O)c1Cl. The number of aromatic nitrogens is 2. The van der Waals surface area contributed by atoms with E-state index < -0.39 is 5.97 Å². The van der Waals surface area contributed by atoms with Crippen molar-refractivity contribution in [2.75, 3.05) is 0 Å². The van der Waals surface area contributed by atoms with Crippen molar-refractivity contribution in [2.24, 2.45) is 7.05 Å². The highest BCUT2D eigenvalue weighted by Gasteiger charge is 2.16. The summed E-state index contributed by atoms with van der Waals surface area (Å²) in [4.78, 5) is 11.2. The summed E-state index contributed by atoms with van der Waals surface area (Å²) in [6, 6.07) is 4.84. The zero-order valence-corrected chi connectivity index (χ0v) is 13.9. The molecule has 0 atom stereocenters. The van der Waals surface area contributed by atoms with Crippen molar-refractivity contribution < 1.29 is 14.6 Å². The lowest BCUT2D eigenvalue weighted by Crippen LogP contribution is -2.07. The van der Waals surface area contributed by atoms with Crippen LogP contribution in [0.5, 0.6) is 5.75 Å². The molecule has 112 valence electrons. The van der Waals surface area contributed by atoms with Crippen LogP contribution in [0.15, 0.2) is 22.7 Å². The number of rotatable bonds is 5. The Labute approximate surface area is 135 Å². The highest BCUT2D eigenvalue weighted by molar-refractivity contribution is 9.10. The van der Waals surface area contributed by atoms with Gasteiger partial charge in [0.2, 0.25) is 0 Å². The number of nitrogens with zero attached hydrogens (tertiary/aromatic N) is 2. The number of carbonyl (C=O) groups is 1. The first-order chi connectivity index (χ1) is 9.93.